The zero-order valence-corrected chi connectivity index (χ0v) is 8.18. The lowest BCUT2D eigenvalue weighted by atomic mass is 10.2. The van der Waals surface area contributed by atoms with Gasteiger partial charge in [-0.3, -0.25) is 0 Å². The lowest BCUT2D eigenvalue weighted by molar-refractivity contribution is -0.138. The molecule has 1 heterocycles. The number of rotatable bonds is 1. The number of aromatic nitrogens is 2. The molecule has 0 bridgehead atoms. The molecule has 0 fully saturated rings. The second kappa shape index (κ2) is 3.55. The van der Waals surface area contributed by atoms with E-state index in [9.17, 15) is 13.2 Å². The second-order valence-corrected chi connectivity index (χ2v) is 3.38. The van der Waals surface area contributed by atoms with Crippen molar-refractivity contribution >= 4 is 0 Å². The third-order valence-electron chi connectivity index (χ3n) is 1.82. The molecule has 0 radical (unpaired) electrons. The Hall–Kier alpha value is -1.13. The van der Waals surface area contributed by atoms with Crippen LogP contribution in [0.25, 0.3) is 0 Å². The molecule has 0 N–H and O–H groups in total. The number of hydrogen-bond acceptors (Lipinski definition) is 2. The Kier molecular flexibility index (Phi) is 2.78. The molecule has 78 valence electrons. The predicted octanol–water partition coefficient (Wildman–Crippen LogP) is 2.93. The molecule has 14 heavy (non-hydrogen) atoms. The van der Waals surface area contributed by atoms with Gasteiger partial charge in [0.05, 0.1) is 11.3 Å². The average Bonchev–Trinajstić information content (AvgIpc) is 2.01. The summed E-state index contributed by atoms with van der Waals surface area (Å²) in [6, 6.07) is 0. The van der Waals surface area contributed by atoms with Crippen LogP contribution in [0.3, 0.4) is 0 Å². The van der Waals surface area contributed by atoms with Gasteiger partial charge in [-0.2, -0.15) is 13.2 Å². The summed E-state index contributed by atoms with van der Waals surface area (Å²) in [7, 11) is 0. The summed E-state index contributed by atoms with van der Waals surface area (Å²) in [6.45, 7) is 5.01. The number of nitrogens with zero attached hydrogens (tertiary/aromatic N) is 2. The summed E-state index contributed by atoms with van der Waals surface area (Å²) >= 11 is 0. The smallest absolute Gasteiger partial charge is 0.240 e. The van der Waals surface area contributed by atoms with E-state index in [1.54, 1.807) is 0 Å². The fraction of sp³-hybridized carbons (Fsp3) is 0.556. The average molecular weight is 204 g/mol. The molecule has 0 spiro atoms. The Morgan fingerprint density at radius 3 is 2.21 bits per heavy atom. The number of halogens is 3. The molecular weight excluding hydrogens is 193 g/mol. The maximum absolute atomic E-state index is 12.3. The van der Waals surface area contributed by atoms with Gasteiger partial charge in [0.15, 0.2) is 0 Å². The van der Waals surface area contributed by atoms with Crippen molar-refractivity contribution in [3.63, 3.8) is 0 Å². The second-order valence-electron chi connectivity index (χ2n) is 3.38. The quantitative estimate of drug-likeness (QED) is 0.702. The van der Waals surface area contributed by atoms with Gasteiger partial charge in [0.2, 0.25) is 0 Å². The van der Waals surface area contributed by atoms with Crippen molar-refractivity contribution in [2.24, 2.45) is 0 Å². The fourth-order valence-electron chi connectivity index (χ4n) is 1.04. The van der Waals surface area contributed by atoms with Crippen LogP contribution in [0.1, 0.15) is 36.8 Å². The summed E-state index contributed by atoms with van der Waals surface area (Å²) in [5, 5.41) is 0. The Bertz CT molecular complexity index is 331. The number of hydrogen-bond donors (Lipinski definition) is 0. The van der Waals surface area contributed by atoms with Crippen LogP contribution in [0.4, 0.5) is 13.2 Å². The molecule has 0 aliphatic rings. The van der Waals surface area contributed by atoms with Crippen molar-refractivity contribution in [3.8, 4) is 0 Å². The summed E-state index contributed by atoms with van der Waals surface area (Å²) in [6.07, 6.45) is -3.52. The van der Waals surface area contributed by atoms with E-state index in [4.69, 9.17) is 0 Å². The molecular formula is C9H11F3N2. The first-order chi connectivity index (χ1) is 6.32. The van der Waals surface area contributed by atoms with Crippen LogP contribution in [0, 0.1) is 6.92 Å². The van der Waals surface area contributed by atoms with Gasteiger partial charge < -0.3 is 0 Å². The topological polar surface area (TPSA) is 25.8 Å². The highest BCUT2D eigenvalue weighted by Crippen LogP contribution is 2.30. The molecule has 0 aliphatic carbocycles. The van der Waals surface area contributed by atoms with Crippen molar-refractivity contribution in [3.05, 3.63) is 23.3 Å². The van der Waals surface area contributed by atoms with Crippen LogP contribution in [0.2, 0.25) is 0 Å². The van der Waals surface area contributed by atoms with Gasteiger partial charge in [0, 0.05) is 12.1 Å². The zero-order chi connectivity index (χ0) is 10.9. The largest absolute Gasteiger partial charge is 0.419 e. The third kappa shape index (κ3) is 2.21. The van der Waals surface area contributed by atoms with E-state index in [1.165, 1.54) is 6.92 Å². The molecule has 0 saturated carbocycles. The van der Waals surface area contributed by atoms with E-state index >= 15 is 0 Å². The highest BCUT2D eigenvalue weighted by Gasteiger charge is 2.33. The van der Waals surface area contributed by atoms with Gasteiger partial charge in [0.1, 0.15) is 5.82 Å². The first-order valence-corrected chi connectivity index (χ1v) is 4.23. The SMILES string of the molecule is Cc1nc(C(C)C)ncc1C(F)(F)F. The van der Waals surface area contributed by atoms with Gasteiger partial charge in [-0.25, -0.2) is 9.97 Å². The summed E-state index contributed by atoms with van der Waals surface area (Å²) in [5.74, 6) is 0.478. The van der Waals surface area contributed by atoms with Gasteiger partial charge in [-0.1, -0.05) is 13.8 Å². The Morgan fingerprint density at radius 2 is 1.86 bits per heavy atom. The van der Waals surface area contributed by atoms with E-state index in [0.29, 0.717) is 5.82 Å². The Labute approximate surface area is 80.2 Å². The Balaban J connectivity index is 3.15. The van der Waals surface area contributed by atoms with Crippen LogP contribution < -0.4 is 0 Å². The molecule has 0 amide bonds. The van der Waals surface area contributed by atoms with E-state index in [-0.39, 0.29) is 11.6 Å². The van der Waals surface area contributed by atoms with Crippen molar-refractivity contribution < 1.29 is 13.2 Å². The molecule has 2 nitrogen and oxygen atoms in total. The highest BCUT2D eigenvalue weighted by molar-refractivity contribution is 5.20. The molecule has 0 aliphatic heterocycles. The van der Waals surface area contributed by atoms with Crippen LogP contribution in [-0.4, -0.2) is 9.97 Å². The third-order valence-corrected chi connectivity index (χ3v) is 1.82. The highest BCUT2D eigenvalue weighted by atomic mass is 19.4. The van der Waals surface area contributed by atoms with Gasteiger partial charge in [-0.05, 0) is 6.92 Å². The molecule has 1 aromatic heterocycles. The lowest BCUT2D eigenvalue weighted by Gasteiger charge is -2.10. The van der Waals surface area contributed by atoms with E-state index in [1.807, 2.05) is 13.8 Å². The lowest BCUT2D eigenvalue weighted by Crippen LogP contribution is -2.11. The van der Waals surface area contributed by atoms with E-state index in [0.717, 1.165) is 6.20 Å². The normalized spacial score (nSPS) is 12.2. The maximum Gasteiger partial charge on any atom is 0.419 e. The Morgan fingerprint density at radius 1 is 1.29 bits per heavy atom. The van der Waals surface area contributed by atoms with E-state index < -0.39 is 11.7 Å². The van der Waals surface area contributed by atoms with Crippen LogP contribution in [0.15, 0.2) is 6.20 Å². The number of alkyl halides is 3. The standard InChI is InChI=1S/C9H11F3N2/c1-5(2)8-13-4-7(6(3)14-8)9(10,11)12/h4-5H,1-3H3. The summed E-state index contributed by atoms with van der Waals surface area (Å²) < 4.78 is 36.9. The van der Waals surface area contributed by atoms with Crippen LogP contribution >= 0.6 is 0 Å². The predicted molar refractivity (Wildman–Crippen MR) is 45.9 cm³/mol. The summed E-state index contributed by atoms with van der Waals surface area (Å²) in [4.78, 5) is 7.48. The van der Waals surface area contributed by atoms with Crippen molar-refractivity contribution in [2.75, 3.05) is 0 Å². The molecule has 1 rings (SSSR count). The molecule has 0 saturated heterocycles. The van der Waals surface area contributed by atoms with Crippen molar-refractivity contribution in [1.29, 1.82) is 0 Å². The van der Waals surface area contributed by atoms with Crippen LogP contribution in [0.5, 0.6) is 0 Å². The van der Waals surface area contributed by atoms with Crippen molar-refractivity contribution in [1.82, 2.24) is 9.97 Å². The fourth-order valence-corrected chi connectivity index (χ4v) is 1.04. The molecule has 0 atom stereocenters. The molecule has 0 aromatic carbocycles. The number of aryl methyl sites for hydroxylation is 1. The zero-order valence-electron chi connectivity index (χ0n) is 8.18. The molecule has 1 aromatic rings. The summed E-state index contributed by atoms with van der Waals surface area (Å²) in [5.41, 5.74) is -0.780. The first kappa shape index (κ1) is 10.9. The molecule has 5 heteroatoms. The molecule has 0 unspecified atom stereocenters. The minimum atomic E-state index is -4.36. The minimum Gasteiger partial charge on any atom is -0.240 e. The maximum atomic E-state index is 12.3. The van der Waals surface area contributed by atoms with Gasteiger partial charge in [-0.15, -0.1) is 0 Å². The van der Waals surface area contributed by atoms with Gasteiger partial charge in [0.25, 0.3) is 0 Å². The first-order valence-electron chi connectivity index (χ1n) is 4.23. The van der Waals surface area contributed by atoms with Crippen LogP contribution in [-0.2, 0) is 6.18 Å². The van der Waals surface area contributed by atoms with Gasteiger partial charge >= 0.3 is 6.18 Å². The van der Waals surface area contributed by atoms with Crippen molar-refractivity contribution in [2.45, 2.75) is 32.9 Å². The monoisotopic (exact) mass is 204 g/mol. The minimum absolute atomic E-state index is 0.0174. The van der Waals surface area contributed by atoms with E-state index in [2.05, 4.69) is 9.97 Å².